The molecule has 0 aliphatic rings. The summed E-state index contributed by atoms with van der Waals surface area (Å²) >= 11 is 5.72. The number of hydrogen-bond donors (Lipinski definition) is 1. The zero-order valence-electron chi connectivity index (χ0n) is 10.1. The van der Waals surface area contributed by atoms with Crippen molar-refractivity contribution in [2.24, 2.45) is 5.92 Å². The zero-order chi connectivity index (χ0) is 13.9. The molecule has 0 saturated carbocycles. The molecule has 1 rings (SSSR count). The van der Waals surface area contributed by atoms with Crippen molar-refractivity contribution in [2.45, 2.75) is 11.8 Å². The molecule has 0 fully saturated rings. The molecule has 0 aromatic heterocycles. The van der Waals surface area contributed by atoms with E-state index >= 15 is 0 Å². The lowest BCUT2D eigenvalue weighted by Crippen LogP contribution is -2.31. The Morgan fingerprint density at radius 3 is 2.67 bits per heavy atom. The lowest BCUT2D eigenvalue weighted by atomic mass is 10.2. The summed E-state index contributed by atoms with van der Waals surface area (Å²) in [4.78, 5) is -0.000426. The van der Waals surface area contributed by atoms with Gasteiger partial charge in [-0.25, -0.2) is 8.42 Å². The quantitative estimate of drug-likeness (QED) is 0.854. The monoisotopic (exact) mass is 287 g/mol. The molecule has 0 spiro atoms. The van der Waals surface area contributed by atoms with Crippen molar-refractivity contribution in [2.75, 3.05) is 19.3 Å². The fraction of sp³-hybridized carbons (Fsp3) is 0.364. The molecular weight excluding hydrogens is 274 g/mol. The second-order valence-corrected chi connectivity index (χ2v) is 6.45. The van der Waals surface area contributed by atoms with Crippen LogP contribution in [0.4, 0.5) is 5.69 Å². The Labute approximate surface area is 112 Å². The maximum absolute atomic E-state index is 12.2. The average molecular weight is 288 g/mol. The number of nitrogens with two attached hydrogens (primary N) is 1. The van der Waals surface area contributed by atoms with Crippen molar-refractivity contribution >= 4 is 27.3 Å². The van der Waals surface area contributed by atoms with Gasteiger partial charge in [0, 0.05) is 18.6 Å². The van der Waals surface area contributed by atoms with Crippen LogP contribution in [0.15, 0.2) is 23.1 Å². The molecule has 1 atom stereocenters. The predicted molar refractivity (Wildman–Crippen MR) is 70.5 cm³/mol. The first-order valence-electron chi connectivity index (χ1n) is 5.20. The Balaban J connectivity index is 3.10. The fourth-order valence-electron chi connectivity index (χ4n) is 1.45. The Morgan fingerprint density at radius 2 is 2.17 bits per heavy atom. The van der Waals surface area contributed by atoms with Crippen LogP contribution in [0.1, 0.15) is 6.92 Å². The van der Waals surface area contributed by atoms with Crippen LogP contribution in [0.25, 0.3) is 0 Å². The van der Waals surface area contributed by atoms with Crippen molar-refractivity contribution in [1.29, 1.82) is 5.26 Å². The van der Waals surface area contributed by atoms with E-state index in [4.69, 9.17) is 22.6 Å². The zero-order valence-corrected chi connectivity index (χ0v) is 11.7. The number of nitrogen functional groups attached to an aromatic ring is 1. The van der Waals surface area contributed by atoms with Gasteiger partial charge in [-0.2, -0.15) is 9.57 Å². The normalized spacial score (nSPS) is 13.3. The SMILES string of the molecule is CC(C#N)CN(C)S(=O)(=O)c1ccc(Cl)cc1N. The van der Waals surface area contributed by atoms with Gasteiger partial charge in [-0.15, -0.1) is 0 Å². The molecule has 7 heteroatoms. The van der Waals surface area contributed by atoms with Crippen LogP contribution in [0, 0.1) is 17.2 Å². The summed E-state index contributed by atoms with van der Waals surface area (Å²) in [6.07, 6.45) is 0. The van der Waals surface area contributed by atoms with E-state index in [1.54, 1.807) is 6.92 Å². The summed E-state index contributed by atoms with van der Waals surface area (Å²) in [5.41, 5.74) is 5.75. The molecule has 1 aromatic rings. The van der Waals surface area contributed by atoms with Gasteiger partial charge < -0.3 is 5.73 Å². The fourth-order valence-corrected chi connectivity index (χ4v) is 2.98. The Bertz CT molecular complexity index is 580. The predicted octanol–water partition coefficient (Wildman–Crippen LogP) is 1.70. The van der Waals surface area contributed by atoms with Gasteiger partial charge >= 0.3 is 0 Å². The van der Waals surface area contributed by atoms with Crippen molar-refractivity contribution in [1.82, 2.24) is 4.31 Å². The van der Waals surface area contributed by atoms with Gasteiger partial charge in [0.05, 0.1) is 17.7 Å². The minimum atomic E-state index is -3.69. The van der Waals surface area contributed by atoms with E-state index < -0.39 is 15.9 Å². The molecule has 5 nitrogen and oxygen atoms in total. The molecular formula is C11H14ClN3O2S. The van der Waals surface area contributed by atoms with Crippen LogP contribution >= 0.6 is 11.6 Å². The number of anilines is 1. The number of nitriles is 1. The van der Waals surface area contributed by atoms with E-state index in [0.717, 1.165) is 4.31 Å². The van der Waals surface area contributed by atoms with Crippen LogP contribution in [0.2, 0.25) is 5.02 Å². The highest BCUT2D eigenvalue weighted by Crippen LogP contribution is 2.25. The molecule has 0 saturated heterocycles. The first-order valence-corrected chi connectivity index (χ1v) is 7.02. The second kappa shape index (κ2) is 5.57. The third kappa shape index (κ3) is 3.13. The number of hydrogen-bond acceptors (Lipinski definition) is 4. The first-order chi connectivity index (χ1) is 8.28. The van der Waals surface area contributed by atoms with Gasteiger partial charge in [0.1, 0.15) is 4.90 Å². The van der Waals surface area contributed by atoms with Gasteiger partial charge in [-0.05, 0) is 25.1 Å². The summed E-state index contributed by atoms with van der Waals surface area (Å²) in [5.74, 6) is -0.390. The van der Waals surface area contributed by atoms with E-state index in [9.17, 15) is 8.42 Å². The minimum absolute atomic E-state index is 0.000426. The van der Waals surface area contributed by atoms with E-state index in [1.807, 2.05) is 6.07 Å². The molecule has 0 bridgehead atoms. The van der Waals surface area contributed by atoms with E-state index in [1.165, 1.54) is 25.2 Å². The van der Waals surface area contributed by atoms with E-state index in [-0.39, 0.29) is 17.1 Å². The first kappa shape index (κ1) is 14.8. The number of sulfonamides is 1. The van der Waals surface area contributed by atoms with Gasteiger partial charge in [0.2, 0.25) is 10.0 Å². The molecule has 0 aliphatic carbocycles. The lowest BCUT2D eigenvalue weighted by molar-refractivity contribution is 0.439. The molecule has 18 heavy (non-hydrogen) atoms. The summed E-state index contributed by atoms with van der Waals surface area (Å²) in [5, 5.41) is 9.07. The van der Waals surface area contributed by atoms with Crippen LogP contribution in [0.5, 0.6) is 0 Å². The molecule has 0 heterocycles. The number of halogens is 1. The summed E-state index contributed by atoms with van der Waals surface area (Å²) in [7, 11) is -2.28. The largest absolute Gasteiger partial charge is 0.398 e. The average Bonchev–Trinajstić information content (AvgIpc) is 2.28. The Hall–Kier alpha value is -1.29. The number of rotatable bonds is 4. The van der Waals surface area contributed by atoms with E-state index in [2.05, 4.69) is 0 Å². The standard InChI is InChI=1S/C11H14ClN3O2S/c1-8(6-13)7-15(2)18(16,17)11-4-3-9(12)5-10(11)14/h3-5,8H,7,14H2,1-2H3. The van der Waals surface area contributed by atoms with Crippen LogP contribution < -0.4 is 5.73 Å². The highest BCUT2D eigenvalue weighted by molar-refractivity contribution is 7.89. The van der Waals surface area contributed by atoms with Crippen LogP contribution in [0.3, 0.4) is 0 Å². The highest BCUT2D eigenvalue weighted by atomic mass is 35.5. The topological polar surface area (TPSA) is 87.2 Å². The third-order valence-corrected chi connectivity index (χ3v) is 4.54. The maximum Gasteiger partial charge on any atom is 0.244 e. The third-order valence-electron chi connectivity index (χ3n) is 2.41. The van der Waals surface area contributed by atoms with Crippen molar-refractivity contribution in [3.63, 3.8) is 0 Å². The second-order valence-electron chi connectivity index (χ2n) is 4.00. The van der Waals surface area contributed by atoms with Gasteiger partial charge in [-0.1, -0.05) is 11.6 Å². The number of nitrogens with zero attached hydrogens (tertiary/aromatic N) is 2. The van der Waals surface area contributed by atoms with Crippen LogP contribution in [-0.4, -0.2) is 26.3 Å². The summed E-state index contributed by atoms with van der Waals surface area (Å²) < 4.78 is 25.5. The molecule has 0 amide bonds. The lowest BCUT2D eigenvalue weighted by Gasteiger charge is -2.19. The van der Waals surface area contributed by atoms with Crippen molar-refractivity contribution in [3.05, 3.63) is 23.2 Å². The smallest absolute Gasteiger partial charge is 0.244 e. The van der Waals surface area contributed by atoms with Gasteiger partial charge in [0.15, 0.2) is 0 Å². The van der Waals surface area contributed by atoms with Crippen molar-refractivity contribution < 1.29 is 8.42 Å². The van der Waals surface area contributed by atoms with Gasteiger partial charge in [0.25, 0.3) is 0 Å². The molecule has 0 aliphatic heterocycles. The Morgan fingerprint density at radius 1 is 1.56 bits per heavy atom. The van der Waals surface area contributed by atoms with Crippen molar-refractivity contribution in [3.8, 4) is 6.07 Å². The number of benzene rings is 1. The molecule has 98 valence electrons. The molecule has 1 aromatic carbocycles. The highest BCUT2D eigenvalue weighted by Gasteiger charge is 2.24. The molecule has 2 N–H and O–H groups in total. The summed E-state index contributed by atoms with van der Waals surface area (Å²) in [6.45, 7) is 1.76. The van der Waals surface area contributed by atoms with Crippen LogP contribution in [-0.2, 0) is 10.0 Å². The van der Waals surface area contributed by atoms with E-state index in [0.29, 0.717) is 5.02 Å². The molecule has 0 radical (unpaired) electrons. The maximum atomic E-state index is 12.2. The Kier molecular flexibility index (Phi) is 4.57. The summed E-state index contributed by atoms with van der Waals surface area (Å²) in [6, 6.07) is 6.20. The minimum Gasteiger partial charge on any atom is -0.398 e. The molecule has 1 unspecified atom stereocenters. The van der Waals surface area contributed by atoms with Gasteiger partial charge in [-0.3, -0.25) is 0 Å².